The van der Waals surface area contributed by atoms with Crippen LogP contribution in [0.25, 0.3) is 11.7 Å². The molecule has 2 fully saturated rings. The number of aromatic nitrogens is 3. The first-order chi connectivity index (χ1) is 14.1. The highest BCUT2D eigenvalue weighted by Crippen LogP contribution is 2.29. The molecule has 3 N–H and O–H groups in total. The highest BCUT2D eigenvalue weighted by atomic mass is 19.1. The van der Waals surface area contributed by atoms with Crippen molar-refractivity contribution in [2.75, 3.05) is 17.2 Å². The summed E-state index contributed by atoms with van der Waals surface area (Å²) >= 11 is 0. The van der Waals surface area contributed by atoms with Crippen LogP contribution >= 0.6 is 0 Å². The Labute approximate surface area is 167 Å². The fourth-order valence-corrected chi connectivity index (χ4v) is 3.43. The van der Waals surface area contributed by atoms with Gasteiger partial charge in [-0.1, -0.05) is 12.1 Å². The number of amides is 1. The average molecular weight is 392 g/mol. The number of anilines is 3. The van der Waals surface area contributed by atoms with Crippen LogP contribution in [0, 0.1) is 12.7 Å². The van der Waals surface area contributed by atoms with E-state index in [1.807, 2.05) is 12.1 Å². The molecule has 148 valence electrons. The minimum atomic E-state index is -0.294. The molecule has 0 spiro atoms. The second-order valence-corrected chi connectivity index (χ2v) is 7.60. The highest BCUT2D eigenvalue weighted by molar-refractivity contribution is 5.85. The van der Waals surface area contributed by atoms with E-state index in [1.54, 1.807) is 35.8 Å². The molecule has 3 heterocycles. The van der Waals surface area contributed by atoms with Gasteiger partial charge in [0.15, 0.2) is 5.65 Å². The largest absolute Gasteiger partial charge is 0.367 e. The van der Waals surface area contributed by atoms with Crippen molar-refractivity contribution in [2.45, 2.75) is 32.2 Å². The molecular weight excluding hydrogens is 371 g/mol. The number of carbonyl (C=O) groups is 1. The Balaban J connectivity index is 1.57. The summed E-state index contributed by atoms with van der Waals surface area (Å²) in [5, 5.41) is 13.9. The Hall–Kier alpha value is -3.42. The third kappa shape index (κ3) is 3.53. The van der Waals surface area contributed by atoms with Crippen LogP contribution in [-0.2, 0) is 4.79 Å². The molecule has 3 aromatic rings. The van der Waals surface area contributed by atoms with E-state index in [9.17, 15) is 9.18 Å². The number of fused-ring (bicyclic) bond motifs is 1. The summed E-state index contributed by atoms with van der Waals surface area (Å²) in [4.78, 5) is 16.2. The molecule has 1 aromatic carbocycles. The van der Waals surface area contributed by atoms with Crippen molar-refractivity contribution in [1.29, 1.82) is 0 Å². The summed E-state index contributed by atoms with van der Waals surface area (Å²) in [6, 6.07) is 7.50. The van der Waals surface area contributed by atoms with Crippen molar-refractivity contribution in [3.63, 3.8) is 0 Å². The lowest BCUT2D eigenvalue weighted by Crippen LogP contribution is -2.12. The number of halogens is 1. The van der Waals surface area contributed by atoms with Gasteiger partial charge in [-0.05, 0) is 43.0 Å². The molecule has 2 aliphatic rings. The molecule has 1 saturated carbocycles. The van der Waals surface area contributed by atoms with Crippen LogP contribution < -0.4 is 16.0 Å². The summed E-state index contributed by atoms with van der Waals surface area (Å²) in [6.45, 7) is 2.27. The molecule has 0 atom stereocenters. The fraction of sp³-hybridized carbons (Fsp3) is 0.286. The smallest absolute Gasteiger partial charge is 0.224 e. The van der Waals surface area contributed by atoms with E-state index >= 15 is 0 Å². The normalized spacial score (nSPS) is 17.7. The maximum absolute atomic E-state index is 14.5. The predicted octanol–water partition coefficient (Wildman–Crippen LogP) is 3.40. The van der Waals surface area contributed by atoms with Crippen molar-refractivity contribution in [1.82, 2.24) is 19.9 Å². The van der Waals surface area contributed by atoms with Crippen LogP contribution in [0.5, 0.6) is 0 Å². The van der Waals surface area contributed by atoms with Crippen LogP contribution in [0.4, 0.5) is 21.7 Å². The lowest BCUT2D eigenvalue weighted by molar-refractivity contribution is -0.118. The molecule has 29 heavy (non-hydrogen) atoms. The van der Waals surface area contributed by atoms with E-state index in [-0.39, 0.29) is 11.7 Å². The molecule has 2 aromatic heterocycles. The van der Waals surface area contributed by atoms with Crippen LogP contribution in [0.3, 0.4) is 0 Å². The number of carbonyl (C=O) groups excluding carboxylic acids is 1. The van der Waals surface area contributed by atoms with Gasteiger partial charge in [0, 0.05) is 30.6 Å². The van der Waals surface area contributed by atoms with Crippen LogP contribution in [-0.4, -0.2) is 33.1 Å². The zero-order valence-electron chi connectivity index (χ0n) is 16.0. The number of hydrogen-bond acceptors (Lipinski definition) is 5. The molecule has 8 heteroatoms. The molecule has 5 rings (SSSR count). The van der Waals surface area contributed by atoms with Crippen molar-refractivity contribution >= 4 is 35.0 Å². The topological polar surface area (TPSA) is 83.4 Å². The van der Waals surface area contributed by atoms with E-state index in [0.717, 1.165) is 29.8 Å². The average Bonchev–Trinajstić information content (AvgIpc) is 3.28. The summed E-state index contributed by atoms with van der Waals surface area (Å²) in [5.41, 5.74) is 3.41. The minimum Gasteiger partial charge on any atom is -0.367 e. The molecule has 1 aliphatic heterocycles. The summed E-state index contributed by atoms with van der Waals surface area (Å²) in [7, 11) is 0. The second-order valence-electron chi connectivity index (χ2n) is 7.60. The molecule has 0 unspecified atom stereocenters. The Morgan fingerprint density at radius 1 is 1.34 bits per heavy atom. The van der Waals surface area contributed by atoms with Gasteiger partial charge in [-0.25, -0.2) is 9.37 Å². The fourth-order valence-electron chi connectivity index (χ4n) is 3.43. The Morgan fingerprint density at radius 3 is 2.97 bits per heavy atom. The second kappa shape index (κ2) is 6.88. The van der Waals surface area contributed by atoms with Gasteiger partial charge in [-0.15, -0.1) is 0 Å². The SMILES string of the molecule is Cc1cccc(Nc2cc(NC3CC3)n3ncc(C=C4CNC(=O)C4)c3n2)c1F. The highest BCUT2D eigenvalue weighted by Gasteiger charge is 2.23. The molecule has 7 nitrogen and oxygen atoms in total. The summed E-state index contributed by atoms with van der Waals surface area (Å²) in [5.74, 6) is 1.07. The van der Waals surface area contributed by atoms with Gasteiger partial charge in [-0.2, -0.15) is 9.61 Å². The monoisotopic (exact) mass is 392 g/mol. The molecule has 1 aliphatic carbocycles. The van der Waals surface area contributed by atoms with Crippen molar-refractivity contribution in [3.8, 4) is 0 Å². The first-order valence-electron chi connectivity index (χ1n) is 9.70. The molecule has 1 saturated heterocycles. The van der Waals surface area contributed by atoms with Crippen LogP contribution in [0.2, 0.25) is 0 Å². The Kier molecular flexibility index (Phi) is 4.19. The summed E-state index contributed by atoms with van der Waals surface area (Å²) in [6.07, 6.45) is 6.31. The number of hydrogen-bond donors (Lipinski definition) is 3. The first-order valence-corrected chi connectivity index (χ1v) is 9.70. The minimum absolute atomic E-state index is 0.0223. The maximum Gasteiger partial charge on any atom is 0.224 e. The number of benzene rings is 1. The Morgan fingerprint density at radius 2 is 2.21 bits per heavy atom. The first kappa shape index (κ1) is 17.7. The molecule has 1 amide bonds. The van der Waals surface area contributed by atoms with Crippen molar-refractivity contribution < 1.29 is 9.18 Å². The Bertz CT molecular complexity index is 1150. The van der Waals surface area contributed by atoms with E-state index in [4.69, 9.17) is 0 Å². The number of aryl methyl sites for hydroxylation is 1. The van der Waals surface area contributed by atoms with Crippen LogP contribution in [0.15, 0.2) is 36.0 Å². The third-order valence-electron chi connectivity index (χ3n) is 5.14. The van der Waals surface area contributed by atoms with E-state index < -0.39 is 0 Å². The number of nitrogens with one attached hydrogen (secondary N) is 3. The molecule has 0 bridgehead atoms. The van der Waals surface area contributed by atoms with E-state index in [2.05, 4.69) is 26.0 Å². The van der Waals surface area contributed by atoms with Gasteiger partial charge in [0.2, 0.25) is 5.91 Å². The maximum atomic E-state index is 14.5. The lowest BCUT2D eigenvalue weighted by atomic mass is 10.1. The quantitative estimate of drug-likeness (QED) is 0.620. The van der Waals surface area contributed by atoms with E-state index in [0.29, 0.717) is 41.7 Å². The third-order valence-corrected chi connectivity index (χ3v) is 5.14. The van der Waals surface area contributed by atoms with E-state index in [1.165, 1.54) is 0 Å². The van der Waals surface area contributed by atoms with Crippen molar-refractivity contribution in [3.05, 3.63) is 53.0 Å². The van der Waals surface area contributed by atoms with Gasteiger partial charge < -0.3 is 16.0 Å². The molecule has 0 radical (unpaired) electrons. The number of rotatable bonds is 5. The number of nitrogens with zero attached hydrogens (tertiary/aromatic N) is 3. The van der Waals surface area contributed by atoms with Crippen LogP contribution in [0.1, 0.15) is 30.4 Å². The predicted molar refractivity (Wildman–Crippen MR) is 110 cm³/mol. The standard InChI is InChI=1S/C21H21FN6O/c1-12-3-2-4-16(20(12)22)26-17-9-18(25-15-5-6-15)28-21(27-17)14(11-24-28)7-13-8-19(29)23-10-13/h2-4,7,9,11,15,25H,5-6,8,10H2,1H3,(H,23,29)(H,26,27). The lowest BCUT2D eigenvalue weighted by Gasteiger charge is -2.12. The zero-order valence-corrected chi connectivity index (χ0v) is 16.0. The van der Waals surface area contributed by atoms with Gasteiger partial charge in [0.1, 0.15) is 17.5 Å². The van der Waals surface area contributed by atoms with Gasteiger partial charge in [0.05, 0.1) is 11.9 Å². The zero-order chi connectivity index (χ0) is 20.0. The van der Waals surface area contributed by atoms with Gasteiger partial charge in [-0.3, -0.25) is 4.79 Å². The molecular formula is C21H21FN6O. The van der Waals surface area contributed by atoms with Crippen molar-refractivity contribution in [2.24, 2.45) is 0 Å². The summed E-state index contributed by atoms with van der Waals surface area (Å²) < 4.78 is 16.2. The van der Waals surface area contributed by atoms with Gasteiger partial charge in [0.25, 0.3) is 0 Å². The van der Waals surface area contributed by atoms with Gasteiger partial charge >= 0.3 is 0 Å².